The molecule has 0 saturated heterocycles. The third kappa shape index (κ3) is 4.22. The lowest BCUT2D eigenvalue weighted by Crippen LogP contribution is -2.24. The Labute approximate surface area is 172 Å². The van der Waals surface area contributed by atoms with Crippen LogP contribution in [-0.4, -0.2) is 4.57 Å². The van der Waals surface area contributed by atoms with E-state index in [1.165, 1.54) is 31.2 Å². The normalized spacial score (nSPS) is 11.0. The van der Waals surface area contributed by atoms with Gasteiger partial charge in [-0.3, -0.25) is 9.36 Å². The minimum Gasteiger partial charge on any atom is -0.487 e. The summed E-state index contributed by atoms with van der Waals surface area (Å²) in [6.07, 6.45) is 0.443. The molecule has 3 nitrogen and oxygen atoms in total. The summed E-state index contributed by atoms with van der Waals surface area (Å²) in [4.78, 5) is 12.8. The van der Waals surface area contributed by atoms with Crippen molar-refractivity contribution in [3.05, 3.63) is 91.3 Å². The van der Waals surface area contributed by atoms with Crippen LogP contribution in [-0.2, 0) is 13.0 Å². The number of pyridine rings is 1. The molecule has 152 valence electrons. The Balaban J connectivity index is 2.00. The van der Waals surface area contributed by atoms with E-state index < -0.39 is 34.5 Å². The zero-order valence-electron chi connectivity index (χ0n) is 15.5. The number of nitrogens with zero attached hydrogens (tertiary/aromatic N) is 1. The monoisotopic (exact) mass is 469 g/mol. The van der Waals surface area contributed by atoms with E-state index in [9.17, 15) is 22.4 Å². The minimum atomic E-state index is -0.860. The summed E-state index contributed by atoms with van der Waals surface area (Å²) >= 11 is 3.09. The van der Waals surface area contributed by atoms with Crippen molar-refractivity contribution < 1.29 is 22.3 Å². The molecule has 0 unspecified atom stereocenters. The van der Waals surface area contributed by atoms with Gasteiger partial charge in [0.15, 0.2) is 11.6 Å². The van der Waals surface area contributed by atoms with Gasteiger partial charge in [0.05, 0.1) is 0 Å². The number of hydrogen-bond acceptors (Lipinski definition) is 2. The fourth-order valence-corrected chi connectivity index (χ4v) is 3.30. The maximum atomic E-state index is 14.5. The zero-order chi connectivity index (χ0) is 21.3. The molecular weight excluding hydrogens is 454 g/mol. The van der Waals surface area contributed by atoms with Crippen molar-refractivity contribution in [2.75, 3.05) is 0 Å². The summed E-state index contributed by atoms with van der Waals surface area (Å²) in [5.74, 6) is -3.16. The molecule has 0 aliphatic carbocycles. The second-order valence-corrected chi connectivity index (χ2v) is 7.18. The van der Waals surface area contributed by atoms with Gasteiger partial charge in [0.2, 0.25) is 0 Å². The molecule has 8 heteroatoms. The predicted molar refractivity (Wildman–Crippen MR) is 104 cm³/mol. The third-order valence-corrected chi connectivity index (χ3v) is 5.14. The molecule has 0 amide bonds. The van der Waals surface area contributed by atoms with Crippen molar-refractivity contribution in [2.24, 2.45) is 0 Å². The first-order valence-corrected chi connectivity index (χ1v) is 9.49. The fraction of sp³-hybridized carbons (Fsp3) is 0.190. The Kier molecular flexibility index (Phi) is 6.12. The number of aromatic nitrogens is 1. The van der Waals surface area contributed by atoms with Crippen molar-refractivity contribution in [1.29, 1.82) is 0 Å². The van der Waals surface area contributed by atoms with Crippen molar-refractivity contribution in [2.45, 2.75) is 26.9 Å². The van der Waals surface area contributed by atoms with E-state index in [0.29, 0.717) is 12.0 Å². The molecule has 0 fully saturated rings. The first-order chi connectivity index (χ1) is 13.7. The molecule has 2 aromatic carbocycles. The minimum absolute atomic E-state index is 0.0680. The number of rotatable bonds is 5. The van der Waals surface area contributed by atoms with Crippen LogP contribution in [0.2, 0.25) is 0 Å². The second-order valence-electron chi connectivity index (χ2n) is 6.39. The van der Waals surface area contributed by atoms with Crippen molar-refractivity contribution in [1.82, 2.24) is 4.57 Å². The molecule has 0 N–H and O–H groups in total. The highest BCUT2D eigenvalue weighted by Crippen LogP contribution is 2.27. The first-order valence-electron chi connectivity index (χ1n) is 8.70. The SMILES string of the molecule is CCc1cc(F)c(-n2c(C)cc(OCc3ccc(F)cc3F)c(Br)c2=O)c(F)c1. The van der Waals surface area contributed by atoms with Gasteiger partial charge >= 0.3 is 0 Å². The van der Waals surface area contributed by atoms with Crippen LogP contribution in [0.25, 0.3) is 5.69 Å². The molecule has 0 saturated carbocycles. The van der Waals surface area contributed by atoms with Crippen LogP contribution in [0.4, 0.5) is 17.6 Å². The summed E-state index contributed by atoms with van der Waals surface area (Å²) in [6, 6.07) is 6.81. The highest BCUT2D eigenvalue weighted by Gasteiger charge is 2.20. The lowest BCUT2D eigenvalue weighted by molar-refractivity contribution is 0.296. The molecule has 1 heterocycles. The Bertz CT molecular complexity index is 1120. The van der Waals surface area contributed by atoms with E-state index in [2.05, 4.69) is 15.9 Å². The van der Waals surface area contributed by atoms with E-state index in [0.717, 1.165) is 16.7 Å². The smallest absolute Gasteiger partial charge is 0.273 e. The van der Waals surface area contributed by atoms with Crippen LogP contribution in [0.3, 0.4) is 0 Å². The number of benzene rings is 2. The van der Waals surface area contributed by atoms with Crippen molar-refractivity contribution in [3.8, 4) is 11.4 Å². The average Bonchev–Trinajstić information content (AvgIpc) is 2.66. The number of aryl methyl sites for hydroxylation is 2. The molecule has 0 aliphatic rings. The van der Waals surface area contributed by atoms with Crippen LogP contribution < -0.4 is 10.3 Å². The van der Waals surface area contributed by atoms with Gasteiger partial charge in [0.1, 0.15) is 34.2 Å². The average molecular weight is 470 g/mol. The Morgan fingerprint density at radius 3 is 2.24 bits per heavy atom. The maximum absolute atomic E-state index is 14.5. The third-order valence-electron chi connectivity index (χ3n) is 4.41. The van der Waals surface area contributed by atoms with Gasteiger partial charge in [-0.05, 0) is 59.1 Å². The van der Waals surface area contributed by atoms with Gasteiger partial charge in [0, 0.05) is 23.4 Å². The summed E-state index contributed by atoms with van der Waals surface area (Å²) in [5, 5.41) is 0. The van der Waals surface area contributed by atoms with Gasteiger partial charge in [-0.15, -0.1) is 0 Å². The molecule has 0 bridgehead atoms. The first kappa shape index (κ1) is 21.1. The highest BCUT2D eigenvalue weighted by atomic mass is 79.9. The molecule has 0 aliphatic heterocycles. The summed E-state index contributed by atoms with van der Waals surface area (Å²) < 4.78 is 62.1. The molecule has 0 atom stereocenters. The topological polar surface area (TPSA) is 31.2 Å². The molecule has 0 spiro atoms. The number of halogens is 5. The summed E-state index contributed by atoms with van der Waals surface area (Å²) in [5.41, 5.74) is -0.444. The molecule has 29 heavy (non-hydrogen) atoms. The van der Waals surface area contributed by atoms with Crippen LogP contribution in [0.1, 0.15) is 23.7 Å². The van der Waals surface area contributed by atoms with Crippen LogP contribution in [0.5, 0.6) is 5.75 Å². The Morgan fingerprint density at radius 2 is 1.66 bits per heavy atom. The lowest BCUT2D eigenvalue weighted by atomic mass is 10.1. The highest BCUT2D eigenvalue weighted by molar-refractivity contribution is 9.10. The van der Waals surface area contributed by atoms with Gasteiger partial charge < -0.3 is 4.74 Å². The van der Waals surface area contributed by atoms with E-state index in [1.54, 1.807) is 6.92 Å². The van der Waals surface area contributed by atoms with Gasteiger partial charge in [-0.1, -0.05) is 6.92 Å². The fourth-order valence-electron chi connectivity index (χ4n) is 2.89. The van der Waals surface area contributed by atoms with Gasteiger partial charge in [-0.25, -0.2) is 17.6 Å². The zero-order valence-corrected chi connectivity index (χ0v) is 17.1. The van der Waals surface area contributed by atoms with E-state index >= 15 is 0 Å². The van der Waals surface area contributed by atoms with E-state index in [4.69, 9.17) is 4.74 Å². The van der Waals surface area contributed by atoms with E-state index in [1.807, 2.05) is 0 Å². The van der Waals surface area contributed by atoms with E-state index in [-0.39, 0.29) is 28.1 Å². The summed E-state index contributed by atoms with van der Waals surface area (Å²) in [7, 11) is 0. The molecular formula is C21H16BrF4NO2. The largest absolute Gasteiger partial charge is 0.487 e. The number of ether oxygens (including phenoxy) is 1. The quantitative estimate of drug-likeness (QED) is 0.455. The Morgan fingerprint density at radius 1 is 1.00 bits per heavy atom. The summed E-state index contributed by atoms with van der Waals surface area (Å²) in [6.45, 7) is 2.99. The molecule has 3 rings (SSSR count). The van der Waals surface area contributed by atoms with Crippen LogP contribution >= 0.6 is 15.9 Å². The molecule has 0 radical (unpaired) electrons. The molecule has 1 aromatic heterocycles. The second kappa shape index (κ2) is 8.41. The van der Waals surface area contributed by atoms with Gasteiger partial charge in [-0.2, -0.15) is 0 Å². The lowest BCUT2D eigenvalue weighted by Gasteiger charge is -2.16. The van der Waals surface area contributed by atoms with Crippen molar-refractivity contribution >= 4 is 15.9 Å². The number of hydrogen-bond donors (Lipinski definition) is 0. The van der Waals surface area contributed by atoms with Crippen LogP contribution in [0.15, 0.2) is 45.7 Å². The standard InChI is InChI=1S/C21H16BrF4NO2/c1-3-12-7-16(25)20(17(26)8-12)27-11(2)6-18(19(22)21(27)28)29-10-13-4-5-14(23)9-15(13)24/h4-9H,3,10H2,1-2H3. The Hall–Kier alpha value is -2.61. The molecule has 3 aromatic rings. The van der Waals surface area contributed by atoms with Gasteiger partial charge in [0.25, 0.3) is 5.56 Å². The van der Waals surface area contributed by atoms with Crippen LogP contribution in [0, 0.1) is 30.2 Å². The predicted octanol–water partition coefficient (Wildman–Crippen LogP) is 5.61. The van der Waals surface area contributed by atoms with Crippen molar-refractivity contribution in [3.63, 3.8) is 0 Å². The maximum Gasteiger partial charge on any atom is 0.273 e.